The van der Waals surface area contributed by atoms with Crippen molar-refractivity contribution in [2.75, 3.05) is 5.32 Å². The topological polar surface area (TPSA) is 100 Å². The van der Waals surface area contributed by atoms with Crippen molar-refractivity contribution in [3.05, 3.63) is 65.7 Å². The summed E-state index contributed by atoms with van der Waals surface area (Å²) in [5.74, 6) is -0.402. The van der Waals surface area contributed by atoms with Gasteiger partial charge < -0.3 is 15.2 Å². The maximum Gasteiger partial charge on any atom is 0.339 e. The van der Waals surface area contributed by atoms with Gasteiger partial charge in [-0.3, -0.25) is 4.79 Å². The maximum atomic E-state index is 12.0. The van der Waals surface area contributed by atoms with Crippen LogP contribution in [-0.2, 0) is 22.4 Å². The summed E-state index contributed by atoms with van der Waals surface area (Å²) >= 11 is 0. The van der Waals surface area contributed by atoms with Crippen LogP contribution >= 0.6 is 0 Å². The number of carboxylic acids is 1. The molecule has 2 amide bonds. The highest BCUT2D eigenvalue weighted by Gasteiger charge is 2.47. The zero-order valence-electron chi connectivity index (χ0n) is 16.5. The second-order valence-corrected chi connectivity index (χ2v) is 7.83. The minimum absolute atomic E-state index is 0.0313. The number of nitrogens with one attached hydrogen (secondary N) is 2. The Kier molecular flexibility index (Phi) is 6.09. The fraction of sp³-hybridized carbons (Fsp3) is 0.348. The first-order valence-corrected chi connectivity index (χ1v) is 10.2. The molecule has 2 aromatic carbocycles. The molecule has 2 aliphatic heterocycles. The number of benzene rings is 2. The van der Waals surface area contributed by atoms with Crippen LogP contribution in [0.3, 0.4) is 0 Å². The van der Waals surface area contributed by atoms with E-state index in [0.717, 1.165) is 30.4 Å². The SMILES string of the molecule is O=C(O)Cc1ccc(C[C@@H]2[C@H](/C=N/NC(=O)Nc3ccccc3)[C@H]3CC[C@@H]2O3)cc1. The van der Waals surface area contributed by atoms with Crippen LogP contribution in [-0.4, -0.2) is 35.5 Å². The molecule has 2 heterocycles. The number of nitrogens with zero attached hydrogens (tertiary/aromatic N) is 1. The highest BCUT2D eigenvalue weighted by Crippen LogP contribution is 2.44. The van der Waals surface area contributed by atoms with Crippen LogP contribution in [0, 0.1) is 11.8 Å². The summed E-state index contributed by atoms with van der Waals surface area (Å²) in [7, 11) is 0. The van der Waals surface area contributed by atoms with E-state index in [-0.39, 0.29) is 36.5 Å². The molecule has 0 unspecified atom stereocenters. The minimum Gasteiger partial charge on any atom is -0.481 e. The molecule has 2 bridgehead atoms. The van der Waals surface area contributed by atoms with E-state index in [0.29, 0.717) is 5.69 Å². The number of hydrazone groups is 1. The van der Waals surface area contributed by atoms with Gasteiger partial charge in [-0.25, -0.2) is 10.2 Å². The highest BCUT2D eigenvalue weighted by atomic mass is 16.5. The van der Waals surface area contributed by atoms with Crippen LogP contribution in [0.15, 0.2) is 59.7 Å². The molecule has 7 heteroatoms. The number of ether oxygens (including phenoxy) is 1. The highest BCUT2D eigenvalue weighted by molar-refractivity contribution is 5.89. The van der Waals surface area contributed by atoms with Gasteiger partial charge in [0.2, 0.25) is 0 Å². The minimum atomic E-state index is -0.829. The molecule has 0 aliphatic carbocycles. The van der Waals surface area contributed by atoms with E-state index in [2.05, 4.69) is 15.8 Å². The van der Waals surface area contributed by atoms with Crippen molar-refractivity contribution in [3.63, 3.8) is 0 Å². The third-order valence-electron chi connectivity index (χ3n) is 5.78. The van der Waals surface area contributed by atoms with Gasteiger partial charge in [-0.2, -0.15) is 5.10 Å². The summed E-state index contributed by atoms with van der Waals surface area (Å²) in [6.45, 7) is 0. The molecule has 0 radical (unpaired) electrons. The largest absolute Gasteiger partial charge is 0.481 e. The first-order valence-electron chi connectivity index (χ1n) is 10.2. The smallest absolute Gasteiger partial charge is 0.339 e. The molecule has 7 nitrogen and oxygen atoms in total. The summed E-state index contributed by atoms with van der Waals surface area (Å²) in [6.07, 6.45) is 5.05. The Morgan fingerprint density at radius 1 is 1.03 bits per heavy atom. The van der Waals surface area contributed by atoms with Crippen molar-refractivity contribution in [2.24, 2.45) is 16.9 Å². The van der Waals surface area contributed by atoms with E-state index < -0.39 is 5.97 Å². The van der Waals surface area contributed by atoms with Crippen molar-refractivity contribution < 1.29 is 19.4 Å². The maximum absolute atomic E-state index is 12.0. The Morgan fingerprint density at radius 2 is 1.73 bits per heavy atom. The van der Waals surface area contributed by atoms with Gasteiger partial charge in [-0.1, -0.05) is 42.5 Å². The number of para-hydroxylation sites is 1. The molecule has 0 aromatic heterocycles. The molecule has 3 N–H and O–H groups in total. The number of hydrogen-bond donors (Lipinski definition) is 3. The van der Waals surface area contributed by atoms with Crippen molar-refractivity contribution in [1.29, 1.82) is 0 Å². The van der Waals surface area contributed by atoms with Crippen LogP contribution < -0.4 is 10.7 Å². The summed E-state index contributed by atoms with van der Waals surface area (Å²) in [5, 5.41) is 15.8. The molecule has 2 fully saturated rings. The third kappa shape index (κ3) is 4.86. The van der Waals surface area contributed by atoms with Crippen molar-refractivity contribution in [1.82, 2.24) is 5.43 Å². The molecule has 30 heavy (non-hydrogen) atoms. The molecule has 4 atom stereocenters. The van der Waals surface area contributed by atoms with E-state index in [1.54, 1.807) is 6.21 Å². The zero-order chi connectivity index (χ0) is 20.9. The quantitative estimate of drug-likeness (QED) is 0.483. The van der Waals surface area contributed by atoms with Crippen LogP contribution in [0.2, 0.25) is 0 Å². The lowest BCUT2D eigenvalue weighted by Crippen LogP contribution is -2.31. The van der Waals surface area contributed by atoms with Gasteiger partial charge >= 0.3 is 12.0 Å². The monoisotopic (exact) mass is 407 g/mol. The predicted molar refractivity (Wildman–Crippen MR) is 113 cm³/mol. The summed E-state index contributed by atoms with van der Waals surface area (Å²) in [4.78, 5) is 22.9. The number of carboxylic acid groups (broad SMARTS) is 1. The van der Waals surface area contributed by atoms with Gasteiger partial charge in [-0.15, -0.1) is 0 Å². The molecule has 2 aromatic rings. The molecular weight excluding hydrogens is 382 g/mol. The van der Waals surface area contributed by atoms with E-state index in [1.807, 2.05) is 54.6 Å². The number of hydrogen-bond acceptors (Lipinski definition) is 4. The average molecular weight is 407 g/mol. The van der Waals surface area contributed by atoms with Crippen LogP contribution in [0.5, 0.6) is 0 Å². The van der Waals surface area contributed by atoms with E-state index in [1.165, 1.54) is 0 Å². The molecule has 156 valence electrons. The van der Waals surface area contributed by atoms with Gasteiger partial charge in [-0.05, 0) is 48.4 Å². The second-order valence-electron chi connectivity index (χ2n) is 7.83. The lowest BCUT2D eigenvalue weighted by Gasteiger charge is -2.25. The van der Waals surface area contributed by atoms with Crippen LogP contribution in [0.4, 0.5) is 10.5 Å². The molecule has 0 saturated carbocycles. The number of fused-ring (bicyclic) bond motifs is 2. The Balaban J connectivity index is 1.35. The third-order valence-corrected chi connectivity index (χ3v) is 5.78. The summed E-state index contributed by atoms with van der Waals surface area (Å²) in [6, 6.07) is 16.5. The lowest BCUT2D eigenvalue weighted by molar-refractivity contribution is -0.136. The first kappa shape index (κ1) is 20.1. The first-order chi connectivity index (χ1) is 14.6. The summed E-state index contributed by atoms with van der Waals surface area (Å²) in [5.41, 5.74) is 5.19. The Morgan fingerprint density at radius 3 is 2.47 bits per heavy atom. The van der Waals surface area contributed by atoms with Crippen molar-refractivity contribution in [2.45, 2.75) is 37.9 Å². The van der Waals surface area contributed by atoms with Gasteiger partial charge in [0, 0.05) is 17.8 Å². The molecule has 2 saturated heterocycles. The van der Waals surface area contributed by atoms with Crippen LogP contribution in [0.1, 0.15) is 24.0 Å². The Labute approximate surface area is 175 Å². The number of amides is 2. The van der Waals surface area contributed by atoms with Gasteiger partial charge in [0.05, 0.1) is 18.6 Å². The van der Waals surface area contributed by atoms with E-state index in [9.17, 15) is 9.59 Å². The molecule has 0 spiro atoms. The van der Waals surface area contributed by atoms with Gasteiger partial charge in [0.1, 0.15) is 0 Å². The normalized spacial score (nSPS) is 24.8. The van der Waals surface area contributed by atoms with E-state index in [4.69, 9.17) is 9.84 Å². The van der Waals surface area contributed by atoms with Crippen molar-refractivity contribution in [3.8, 4) is 0 Å². The van der Waals surface area contributed by atoms with Crippen molar-refractivity contribution >= 4 is 23.9 Å². The second kappa shape index (κ2) is 9.09. The van der Waals surface area contributed by atoms with E-state index >= 15 is 0 Å². The molecule has 2 aliphatic rings. The van der Waals surface area contributed by atoms with Gasteiger partial charge in [0.15, 0.2) is 0 Å². The number of urea groups is 1. The number of carbonyl (C=O) groups excluding carboxylic acids is 1. The lowest BCUT2D eigenvalue weighted by atomic mass is 9.77. The Hall–Kier alpha value is -3.19. The molecular formula is C23H25N3O4. The fourth-order valence-corrected chi connectivity index (χ4v) is 4.39. The Bertz CT molecular complexity index is 914. The number of aliphatic carboxylic acids is 1. The predicted octanol–water partition coefficient (Wildman–Crippen LogP) is 3.46. The fourth-order valence-electron chi connectivity index (χ4n) is 4.39. The summed E-state index contributed by atoms with van der Waals surface area (Å²) < 4.78 is 6.10. The number of rotatable bonds is 7. The molecule has 4 rings (SSSR count). The zero-order valence-corrected chi connectivity index (χ0v) is 16.5. The number of carbonyl (C=O) groups is 2. The van der Waals surface area contributed by atoms with Crippen LogP contribution in [0.25, 0.3) is 0 Å². The average Bonchev–Trinajstić information content (AvgIpc) is 3.32. The number of anilines is 1. The standard InChI is InChI=1S/C23H25N3O4/c27-22(28)13-16-8-6-15(7-9-16)12-18-19(21-11-10-20(18)30-21)14-24-26-23(29)25-17-4-2-1-3-5-17/h1-9,14,18-21H,10-13H2,(H,27,28)(H2,25,26,29)/b24-14+/t18-,19+,20+,21-/m1/s1. The van der Waals surface area contributed by atoms with Gasteiger partial charge in [0.25, 0.3) is 0 Å².